The van der Waals surface area contributed by atoms with E-state index in [-0.39, 0.29) is 31.1 Å². The van der Waals surface area contributed by atoms with Crippen LogP contribution in [0.3, 0.4) is 0 Å². The lowest BCUT2D eigenvalue weighted by atomic mass is 10.0. The summed E-state index contributed by atoms with van der Waals surface area (Å²) in [4.78, 5) is 38.3. The Balaban J connectivity index is 4.23. The lowest BCUT2D eigenvalue weighted by Crippen LogP contribution is -2.30. The Bertz CT molecular complexity index is 1330. The van der Waals surface area contributed by atoms with Crippen LogP contribution in [0.5, 0.6) is 0 Å². The molecule has 0 aromatic rings. The van der Waals surface area contributed by atoms with Crippen molar-refractivity contribution in [2.45, 2.75) is 374 Å². The van der Waals surface area contributed by atoms with Crippen LogP contribution in [0, 0.1) is 0 Å². The molecule has 0 saturated heterocycles. The summed E-state index contributed by atoms with van der Waals surface area (Å²) in [7, 11) is 0. The fourth-order valence-electron chi connectivity index (χ4n) is 10.2. The first kappa shape index (κ1) is 74.4. The highest BCUT2D eigenvalue weighted by Crippen LogP contribution is 2.17. The molecule has 0 aliphatic carbocycles. The Morgan fingerprint density at radius 1 is 0.260 bits per heavy atom. The van der Waals surface area contributed by atoms with Gasteiger partial charge in [0.1, 0.15) is 13.2 Å². The summed E-state index contributed by atoms with van der Waals surface area (Å²) < 4.78 is 16.9. The van der Waals surface area contributed by atoms with Crippen LogP contribution >= 0.6 is 0 Å². The molecule has 0 bridgehead atoms. The highest BCUT2D eigenvalue weighted by molar-refractivity contribution is 5.71. The van der Waals surface area contributed by atoms with Gasteiger partial charge < -0.3 is 14.2 Å². The molecule has 0 aromatic carbocycles. The van der Waals surface area contributed by atoms with Gasteiger partial charge in [0.15, 0.2) is 6.10 Å². The zero-order valence-corrected chi connectivity index (χ0v) is 51.7. The van der Waals surface area contributed by atoms with Gasteiger partial charge in [-0.1, -0.05) is 313 Å². The van der Waals surface area contributed by atoms with Crippen molar-refractivity contribution >= 4 is 17.9 Å². The maximum atomic E-state index is 12.9. The molecule has 0 saturated carbocycles. The first-order chi connectivity index (χ1) is 38.0. The summed E-state index contributed by atoms with van der Waals surface area (Å²) in [5.74, 6) is -0.858. The molecular weight excluding hydrogens is 949 g/mol. The zero-order chi connectivity index (χ0) is 55.7. The lowest BCUT2D eigenvalue weighted by Gasteiger charge is -2.18. The molecule has 0 spiro atoms. The van der Waals surface area contributed by atoms with Crippen molar-refractivity contribution in [3.63, 3.8) is 0 Å². The second-order valence-corrected chi connectivity index (χ2v) is 23.1. The number of ether oxygens (including phenoxy) is 3. The number of esters is 3. The zero-order valence-electron chi connectivity index (χ0n) is 51.7. The van der Waals surface area contributed by atoms with Gasteiger partial charge in [-0.3, -0.25) is 14.4 Å². The number of carbonyl (C=O) groups excluding carboxylic acids is 3. The van der Waals surface area contributed by atoms with Gasteiger partial charge in [-0.15, -0.1) is 0 Å². The molecule has 0 aliphatic heterocycles. The monoisotopic (exact) mass is 1080 g/mol. The number of unbranched alkanes of at least 4 members (excludes halogenated alkanes) is 44. The maximum Gasteiger partial charge on any atom is 0.306 e. The van der Waals surface area contributed by atoms with Crippen LogP contribution in [0.4, 0.5) is 0 Å². The van der Waals surface area contributed by atoms with Crippen LogP contribution < -0.4 is 0 Å². The van der Waals surface area contributed by atoms with Gasteiger partial charge in [-0.25, -0.2) is 0 Å². The quantitative estimate of drug-likeness (QED) is 0.0261. The number of allylic oxidation sites excluding steroid dienone is 8. The van der Waals surface area contributed by atoms with Crippen LogP contribution in [0.2, 0.25) is 0 Å². The molecular formula is C71H130O6. The summed E-state index contributed by atoms with van der Waals surface area (Å²) in [6.45, 7) is 6.67. The smallest absolute Gasteiger partial charge is 0.306 e. The second kappa shape index (κ2) is 65.9. The molecule has 0 radical (unpaired) electrons. The Labute approximate surface area is 479 Å². The van der Waals surface area contributed by atoms with E-state index in [2.05, 4.69) is 69.4 Å². The van der Waals surface area contributed by atoms with Crippen LogP contribution in [-0.4, -0.2) is 37.2 Å². The molecule has 0 rings (SSSR count). The number of hydrogen-bond acceptors (Lipinski definition) is 6. The van der Waals surface area contributed by atoms with Gasteiger partial charge >= 0.3 is 17.9 Å². The molecule has 0 N–H and O–H groups in total. The minimum atomic E-state index is -0.775. The molecule has 1 atom stereocenters. The molecule has 0 aliphatic rings. The van der Waals surface area contributed by atoms with E-state index in [1.807, 2.05) is 0 Å². The molecule has 6 heteroatoms. The fourth-order valence-corrected chi connectivity index (χ4v) is 10.2. The van der Waals surface area contributed by atoms with E-state index in [4.69, 9.17) is 14.2 Å². The van der Waals surface area contributed by atoms with E-state index in [0.29, 0.717) is 19.3 Å². The molecule has 0 aromatic heterocycles. The van der Waals surface area contributed by atoms with Crippen LogP contribution in [0.25, 0.3) is 0 Å². The van der Waals surface area contributed by atoms with Crippen molar-refractivity contribution in [2.75, 3.05) is 13.2 Å². The second-order valence-electron chi connectivity index (χ2n) is 23.1. The number of rotatable bonds is 63. The summed E-state index contributed by atoms with van der Waals surface area (Å²) in [6, 6.07) is 0. The van der Waals surface area contributed by atoms with Crippen molar-refractivity contribution in [3.8, 4) is 0 Å². The van der Waals surface area contributed by atoms with E-state index in [1.165, 1.54) is 250 Å². The SMILES string of the molecule is CCCCCCC/C=C\C/C=C\C/C=C\CCCCCCCCCCC(=O)OC(COC(=O)CCCCCCCCCCCCC)COC(=O)CCCCCCCCCCCCCCC/C=C\CCCCCCCCCC. The predicted octanol–water partition coefficient (Wildman–Crippen LogP) is 23.3. The Hall–Kier alpha value is -2.63. The van der Waals surface area contributed by atoms with Crippen molar-refractivity contribution in [1.29, 1.82) is 0 Å². The largest absolute Gasteiger partial charge is 0.462 e. The van der Waals surface area contributed by atoms with Crippen LogP contribution in [-0.2, 0) is 28.6 Å². The Kier molecular flexibility index (Phi) is 63.6. The highest BCUT2D eigenvalue weighted by Gasteiger charge is 2.19. The van der Waals surface area contributed by atoms with Crippen molar-refractivity contribution < 1.29 is 28.6 Å². The summed E-state index contributed by atoms with van der Waals surface area (Å²) in [6.07, 6.45) is 82.8. The van der Waals surface area contributed by atoms with E-state index in [1.54, 1.807) is 0 Å². The van der Waals surface area contributed by atoms with Crippen molar-refractivity contribution in [3.05, 3.63) is 48.6 Å². The minimum absolute atomic E-state index is 0.0722. The van der Waals surface area contributed by atoms with Crippen molar-refractivity contribution in [1.82, 2.24) is 0 Å². The maximum absolute atomic E-state index is 12.9. The summed E-state index contributed by atoms with van der Waals surface area (Å²) >= 11 is 0. The first-order valence-corrected chi connectivity index (χ1v) is 34.1. The van der Waals surface area contributed by atoms with Gasteiger partial charge in [0, 0.05) is 19.3 Å². The lowest BCUT2D eigenvalue weighted by molar-refractivity contribution is -0.167. The highest BCUT2D eigenvalue weighted by atomic mass is 16.6. The molecule has 0 fully saturated rings. The Morgan fingerprint density at radius 3 is 0.740 bits per heavy atom. The van der Waals surface area contributed by atoms with Crippen LogP contribution in [0.15, 0.2) is 48.6 Å². The van der Waals surface area contributed by atoms with Crippen molar-refractivity contribution in [2.24, 2.45) is 0 Å². The Morgan fingerprint density at radius 2 is 0.468 bits per heavy atom. The summed E-state index contributed by atoms with van der Waals surface area (Å²) in [5.41, 5.74) is 0. The van der Waals surface area contributed by atoms with Gasteiger partial charge in [0.2, 0.25) is 0 Å². The third-order valence-corrected chi connectivity index (χ3v) is 15.3. The van der Waals surface area contributed by atoms with Gasteiger partial charge in [-0.05, 0) is 83.5 Å². The fraction of sp³-hybridized carbons (Fsp3) is 0.845. The average Bonchev–Trinajstić information content (AvgIpc) is 3.43. The molecule has 450 valence electrons. The molecule has 0 heterocycles. The molecule has 1 unspecified atom stereocenters. The molecule has 6 nitrogen and oxygen atoms in total. The van der Waals surface area contributed by atoms with Gasteiger partial charge in [0.05, 0.1) is 0 Å². The third kappa shape index (κ3) is 64.1. The third-order valence-electron chi connectivity index (χ3n) is 15.3. The average molecular weight is 1080 g/mol. The van der Waals surface area contributed by atoms with Crippen LogP contribution in [0.1, 0.15) is 367 Å². The minimum Gasteiger partial charge on any atom is -0.462 e. The summed E-state index contributed by atoms with van der Waals surface area (Å²) in [5, 5.41) is 0. The van der Waals surface area contributed by atoms with E-state index >= 15 is 0 Å². The topological polar surface area (TPSA) is 78.9 Å². The number of hydrogen-bond donors (Lipinski definition) is 0. The molecule has 77 heavy (non-hydrogen) atoms. The molecule has 0 amide bonds. The first-order valence-electron chi connectivity index (χ1n) is 34.1. The normalized spacial score (nSPS) is 12.3. The van der Waals surface area contributed by atoms with Gasteiger partial charge in [-0.2, -0.15) is 0 Å². The van der Waals surface area contributed by atoms with Gasteiger partial charge in [0.25, 0.3) is 0 Å². The van der Waals surface area contributed by atoms with E-state index < -0.39 is 6.10 Å². The standard InChI is InChI=1S/C71H130O6/c1-4-7-10-13-16-19-22-24-26-28-30-32-34-35-37-38-40-42-44-46-49-52-55-58-61-64-70(73)76-67-68(66-75-69(72)63-60-57-54-51-48-21-18-15-12-9-6-3)77-71(74)65-62-59-56-53-50-47-45-43-41-39-36-33-31-29-27-25-23-20-17-14-11-8-5-2/h23,25,28-31,36,39,68H,4-22,24,26-27,32-35,37-38,40-67H2,1-3H3/b25-23-,30-28-,31-29-,39-36-. The predicted molar refractivity (Wildman–Crippen MR) is 335 cm³/mol. The van der Waals surface area contributed by atoms with E-state index in [9.17, 15) is 14.4 Å². The number of carbonyl (C=O) groups is 3. The van der Waals surface area contributed by atoms with E-state index in [0.717, 1.165) is 77.0 Å².